The van der Waals surface area contributed by atoms with E-state index >= 15 is 0 Å². The minimum absolute atomic E-state index is 0.614. The molecule has 5 nitrogen and oxygen atoms in total. The average molecular weight is 335 g/mol. The van der Waals surface area contributed by atoms with Crippen molar-refractivity contribution >= 4 is 5.69 Å². The van der Waals surface area contributed by atoms with Crippen LogP contribution >= 0.6 is 0 Å². The lowest BCUT2D eigenvalue weighted by Crippen LogP contribution is -2.46. The van der Waals surface area contributed by atoms with E-state index in [2.05, 4.69) is 51.8 Å². The Labute approximate surface area is 149 Å². The molecule has 0 unspecified atom stereocenters. The fourth-order valence-corrected chi connectivity index (χ4v) is 3.29. The topological polar surface area (TPSA) is 56.1 Å². The molecule has 0 atom stereocenters. The second kappa shape index (κ2) is 8.09. The third-order valence-electron chi connectivity index (χ3n) is 4.52. The molecule has 1 saturated heterocycles. The maximum Gasteiger partial charge on any atom is 0.142 e. The quantitative estimate of drug-likeness (QED) is 0.841. The first-order chi connectivity index (χ1) is 12.2. The number of hydrogen-bond acceptors (Lipinski definition) is 5. The van der Waals surface area contributed by atoms with E-state index in [1.54, 1.807) is 12.4 Å². The fraction of sp³-hybridized carbons (Fsp3) is 0.450. The summed E-state index contributed by atoms with van der Waals surface area (Å²) in [6, 6.07) is 10.5. The number of benzene rings is 1. The fourth-order valence-electron chi connectivity index (χ4n) is 3.29. The van der Waals surface area contributed by atoms with Gasteiger partial charge in [0.25, 0.3) is 0 Å². The Hall–Kier alpha value is -2.45. The van der Waals surface area contributed by atoms with E-state index in [1.807, 2.05) is 12.1 Å². The maximum atomic E-state index is 9.47. The molecule has 1 aromatic carbocycles. The molecule has 1 aliphatic heterocycles. The summed E-state index contributed by atoms with van der Waals surface area (Å²) >= 11 is 0. The lowest BCUT2D eigenvalue weighted by molar-refractivity contribution is 0.244. The van der Waals surface area contributed by atoms with Gasteiger partial charge in [-0.25, -0.2) is 9.97 Å². The van der Waals surface area contributed by atoms with Crippen LogP contribution in [0.25, 0.3) is 0 Å². The monoisotopic (exact) mass is 335 g/mol. The molecule has 3 rings (SSSR count). The number of hydrogen-bond donors (Lipinski definition) is 0. The standard InChI is InChI=1S/C20H25N5/c1-16(2)12-17-4-5-18(14-21)19(13-17)25-10-8-24(9-11-25)15-20-22-6-3-7-23-20/h3-7,13,16H,8-12,15H2,1-2H3. The van der Waals surface area contributed by atoms with Gasteiger partial charge in [-0.3, -0.25) is 4.90 Å². The third kappa shape index (κ3) is 4.55. The Morgan fingerprint density at radius 2 is 1.84 bits per heavy atom. The van der Waals surface area contributed by atoms with Crippen molar-refractivity contribution in [2.24, 2.45) is 5.92 Å². The van der Waals surface area contributed by atoms with Gasteiger partial charge in [0, 0.05) is 38.6 Å². The van der Waals surface area contributed by atoms with Gasteiger partial charge in [-0.15, -0.1) is 0 Å². The Bertz CT molecular complexity index is 727. The predicted molar refractivity (Wildman–Crippen MR) is 99.2 cm³/mol. The van der Waals surface area contributed by atoms with E-state index in [9.17, 15) is 5.26 Å². The number of aromatic nitrogens is 2. The second-order valence-corrected chi connectivity index (χ2v) is 6.99. The van der Waals surface area contributed by atoms with E-state index in [0.717, 1.165) is 56.2 Å². The molecule has 5 heteroatoms. The lowest BCUT2D eigenvalue weighted by Gasteiger charge is -2.36. The SMILES string of the molecule is CC(C)Cc1ccc(C#N)c(N2CCN(Cc3ncccn3)CC2)c1. The van der Waals surface area contributed by atoms with Crippen LogP contribution in [0.1, 0.15) is 30.8 Å². The first-order valence-electron chi connectivity index (χ1n) is 8.92. The summed E-state index contributed by atoms with van der Waals surface area (Å²) in [4.78, 5) is 13.3. The highest BCUT2D eigenvalue weighted by Gasteiger charge is 2.20. The molecule has 0 spiro atoms. The molecule has 1 aromatic heterocycles. The Morgan fingerprint density at radius 1 is 1.12 bits per heavy atom. The van der Waals surface area contributed by atoms with Gasteiger partial charge < -0.3 is 4.90 Å². The number of rotatable bonds is 5. The highest BCUT2D eigenvalue weighted by molar-refractivity contribution is 5.61. The van der Waals surface area contributed by atoms with E-state index in [-0.39, 0.29) is 0 Å². The van der Waals surface area contributed by atoms with Crippen molar-refractivity contribution in [1.82, 2.24) is 14.9 Å². The van der Waals surface area contributed by atoms with Crippen molar-refractivity contribution in [2.45, 2.75) is 26.8 Å². The van der Waals surface area contributed by atoms with Crippen LogP contribution in [0.3, 0.4) is 0 Å². The van der Waals surface area contributed by atoms with Gasteiger partial charge in [0.2, 0.25) is 0 Å². The van der Waals surface area contributed by atoms with E-state index in [0.29, 0.717) is 5.92 Å². The van der Waals surface area contributed by atoms with E-state index < -0.39 is 0 Å². The summed E-state index contributed by atoms with van der Waals surface area (Å²) < 4.78 is 0. The van der Waals surface area contributed by atoms with Crippen LogP contribution in [-0.2, 0) is 13.0 Å². The molecule has 0 radical (unpaired) electrons. The largest absolute Gasteiger partial charge is 0.368 e. The number of nitrogens with zero attached hydrogens (tertiary/aromatic N) is 5. The molecule has 0 N–H and O–H groups in total. The highest BCUT2D eigenvalue weighted by Crippen LogP contribution is 2.24. The molecule has 0 amide bonds. The maximum absolute atomic E-state index is 9.47. The minimum atomic E-state index is 0.614. The van der Waals surface area contributed by atoms with Crippen molar-refractivity contribution in [3.63, 3.8) is 0 Å². The minimum Gasteiger partial charge on any atom is -0.368 e. The van der Waals surface area contributed by atoms with Gasteiger partial charge in [-0.05, 0) is 36.1 Å². The van der Waals surface area contributed by atoms with Crippen molar-refractivity contribution in [2.75, 3.05) is 31.1 Å². The van der Waals surface area contributed by atoms with Crippen LogP contribution in [0.4, 0.5) is 5.69 Å². The molecule has 0 saturated carbocycles. The van der Waals surface area contributed by atoms with Crippen molar-refractivity contribution < 1.29 is 0 Å². The van der Waals surface area contributed by atoms with E-state index in [4.69, 9.17) is 0 Å². The lowest BCUT2D eigenvalue weighted by atomic mass is 10.00. The Balaban J connectivity index is 1.66. The van der Waals surface area contributed by atoms with Crippen LogP contribution in [0.5, 0.6) is 0 Å². The summed E-state index contributed by atoms with van der Waals surface area (Å²) in [5.41, 5.74) is 3.16. The molecule has 25 heavy (non-hydrogen) atoms. The third-order valence-corrected chi connectivity index (χ3v) is 4.52. The summed E-state index contributed by atoms with van der Waals surface area (Å²) in [5.74, 6) is 1.48. The van der Waals surface area contributed by atoms with Gasteiger partial charge in [-0.1, -0.05) is 19.9 Å². The van der Waals surface area contributed by atoms with Crippen LogP contribution in [0.15, 0.2) is 36.7 Å². The molecule has 130 valence electrons. The average Bonchev–Trinajstić information content (AvgIpc) is 2.63. The summed E-state index contributed by atoms with van der Waals surface area (Å²) in [6.45, 7) is 8.99. The van der Waals surface area contributed by atoms with Crippen LogP contribution < -0.4 is 4.90 Å². The summed E-state index contributed by atoms with van der Waals surface area (Å²) in [6.07, 6.45) is 4.63. The zero-order valence-corrected chi connectivity index (χ0v) is 15.0. The van der Waals surface area contributed by atoms with Gasteiger partial charge in [0.05, 0.1) is 17.8 Å². The Kier molecular flexibility index (Phi) is 5.62. The van der Waals surface area contributed by atoms with Crippen LogP contribution in [0, 0.1) is 17.2 Å². The highest BCUT2D eigenvalue weighted by atomic mass is 15.3. The van der Waals surface area contributed by atoms with E-state index in [1.165, 1.54) is 5.56 Å². The van der Waals surface area contributed by atoms with Crippen molar-refractivity contribution in [3.05, 3.63) is 53.6 Å². The molecular weight excluding hydrogens is 310 g/mol. The number of nitriles is 1. The molecule has 1 aliphatic rings. The Morgan fingerprint density at radius 3 is 2.48 bits per heavy atom. The smallest absolute Gasteiger partial charge is 0.142 e. The first kappa shape index (κ1) is 17.4. The summed E-state index contributed by atoms with van der Waals surface area (Å²) in [7, 11) is 0. The molecule has 1 fully saturated rings. The zero-order chi connectivity index (χ0) is 17.6. The summed E-state index contributed by atoms with van der Waals surface area (Å²) in [5, 5.41) is 9.47. The molecule has 2 aromatic rings. The van der Waals surface area contributed by atoms with Gasteiger partial charge in [0.1, 0.15) is 11.9 Å². The number of piperazine rings is 1. The van der Waals surface area contributed by atoms with Crippen LogP contribution in [-0.4, -0.2) is 41.0 Å². The van der Waals surface area contributed by atoms with Gasteiger partial charge in [-0.2, -0.15) is 5.26 Å². The molecule has 2 heterocycles. The predicted octanol–water partition coefficient (Wildman–Crippen LogP) is 2.87. The van der Waals surface area contributed by atoms with Gasteiger partial charge in [0.15, 0.2) is 0 Å². The molecular formula is C20H25N5. The molecule has 0 aliphatic carbocycles. The van der Waals surface area contributed by atoms with Crippen molar-refractivity contribution in [3.8, 4) is 6.07 Å². The van der Waals surface area contributed by atoms with Crippen molar-refractivity contribution in [1.29, 1.82) is 5.26 Å². The second-order valence-electron chi connectivity index (χ2n) is 6.99. The zero-order valence-electron chi connectivity index (χ0n) is 15.0. The van der Waals surface area contributed by atoms with Gasteiger partial charge >= 0.3 is 0 Å². The number of anilines is 1. The van der Waals surface area contributed by atoms with Crippen LogP contribution in [0.2, 0.25) is 0 Å². The normalized spacial score (nSPS) is 15.4. The first-order valence-corrected chi connectivity index (χ1v) is 8.92. The molecule has 0 bridgehead atoms.